The Kier molecular flexibility index (Phi) is 4.27. The first-order chi connectivity index (χ1) is 9.20. The van der Waals surface area contributed by atoms with Gasteiger partial charge in [-0.15, -0.1) is 0 Å². The third-order valence-corrected chi connectivity index (χ3v) is 2.61. The molecule has 0 radical (unpaired) electrons. The number of anilines is 1. The van der Waals surface area contributed by atoms with Crippen LogP contribution >= 0.6 is 0 Å². The summed E-state index contributed by atoms with van der Waals surface area (Å²) in [6.45, 7) is 5.20. The zero-order chi connectivity index (χ0) is 13.7. The number of carbonyl (C=O) groups is 1. The molecule has 0 bridgehead atoms. The summed E-state index contributed by atoms with van der Waals surface area (Å²) in [6, 6.07) is 1.88. The van der Waals surface area contributed by atoms with E-state index < -0.39 is 0 Å². The fraction of sp³-hybridized carbons (Fsp3) is 0.500. The van der Waals surface area contributed by atoms with E-state index >= 15 is 0 Å². The van der Waals surface area contributed by atoms with Crippen LogP contribution in [0, 0.1) is 6.92 Å². The summed E-state index contributed by atoms with van der Waals surface area (Å²) in [7, 11) is 0. The van der Waals surface area contributed by atoms with Gasteiger partial charge < -0.3 is 10.6 Å². The van der Waals surface area contributed by atoms with Gasteiger partial charge in [0.2, 0.25) is 5.91 Å². The lowest BCUT2D eigenvalue weighted by molar-refractivity contribution is -0.120. The molecule has 0 aromatic carbocycles. The Bertz CT molecular complexity index is 564. The average molecular weight is 262 g/mol. The smallest absolute Gasteiger partial charge is 0.254 e. The highest BCUT2D eigenvalue weighted by molar-refractivity contribution is 5.76. The molecule has 102 valence electrons. The van der Waals surface area contributed by atoms with Gasteiger partial charge in [-0.3, -0.25) is 4.79 Å². The zero-order valence-corrected chi connectivity index (χ0v) is 11.2. The van der Waals surface area contributed by atoms with E-state index in [4.69, 9.17) is 0 Å². The fourth-order valence-electron chi connectivity index (χ4n) is 1.71. The first kappa shape index (κ1) is 13.3. The Morgan fingerprint density at radius 2 is 2.26 bits per heavy atom. The van der Waals surface area contributed by atoms with Crippen LogP contribution in [0.3, 0.4) is 0 Å². The van der Waals surface area contributed by atoms with Gasteiger partial charge in [0.25, 0.3) is 5.78 Å². The number of nitrogens with one attached hydrogen (secondary N) is 2. The number of carbonyl (C=O) groups excluding carboxylic acids is 1. The number of hydrogen-bond donors (Lipinski definition) is 2. The van der Waals surface area contributed by atoms with Crippen molar-refractivity contribution in [3.8, 4) is 0 Å². The highest BCUT2D eigenvalue weighted by Gasteiger charge is 2.06. The Balaban J connectivity index is 1.94. The van der Waals surface area contributed by atoms with E-state index in [2.05, 4.69) is 25.7 Å². The van der Waals surface area contributed by atoms with E-state index in [1.807, 2.05) is 19.9 Å². The minimum Gasteiger partial charge on any atom is -0.369 e. The van der Waals surface area contributed by atoms with Crippen molar-refractivity contribution in [3.63, 3.8) is 0 Å². The van der Waals surface area contributed by atoms with Gasteiger partial charge in [-0.25, -0.2) is 4.98 Å². The number of nitrogens with zero attached hydrogens (tertiary/aromatic N) is 4. The molecule has 0 aliphatic heterocycles. The number of hydrogen-bond acceptors (Lipinski definition) is 5. The quantitative estimate of drug-likeness (QED) is 0.803. The third-order valence-electron chi connectivity index (χ3n) is 2.61. The summed E-state index contributed by atoms with van der Waals surface area (Å²) < 4.78 is 1.62. The molecule has 0 saturated carbocycles. The summed E-state index contributed by atoms with van der Waals surface area (Å²) in [5, 5.41) is 10.1. The summed E-state index contributed by atoms with van der Waals surface area (Å²) in [6.07, 6.45) is 2.83. The van der Waals surface area contributed by atoms with Crippen molar-refractivity contribution < 1.29 is 4.79 Å². The molecule has 0 spiro atoms. The van der Waals surface area contributed by atoms with Crippen LogP contribution < -0.4 is 10.6 Å². The summed E-state index contributed by atoms with van der Waals surface area (Å²) >= 11 is 0. The molecule has 1 amide bonds. The minimum absolute atomic E-state index is 0.0509. The predicted octanol–water partition coefficient (Wildman–Crippen LogP) is 0.761. The van der Waals surface area contributed by atoms with Crippen molar-refractivity contribution >= 4 is 17.5 Å². The average Bonchev–Trinajstić information content (AvgIpc) is 2.84. The second-order valence-corrected chi connectivity index (χ2v) is 4.28. The molecule has 19 heavy (non-hydrogen) atoms. The van der Waals surface area contributed by atoms with Gasteiger partial charge >= 0.3 is 0 Å². The number of aryl methyl sites for hydroxylation is 1. The van der Waals surface area contributed by atoms with E-state index in [1.165, 1.54) is 6.33 Å². The first-order valence-electron chi connectivity index (χ1n) is 6.38. The van der Waals surface area contributed by atoms with Crippen LogP contribution in [0.1, 0.15) is 25.5 Å². The standard InChI is InChI=1S/C12H18N6O/c1-3-5-14-11(19)4-6-13-10-7-9(2)17-12-15-8-16-18(10)12/h7-8,13H,3-6H2,1-2H3,(H,14,19). The Hall–Kier alpha value is -2.18. The van der Waals surface area contributed by atoms with Crippen molar-refractivity contribution in [2.45, 2.75) is 26.7 Å². The van der Waals surface area contributed by atoms with Gasteiger partial charge in [-0.2, -0.15) is 14.6 Å². The largest absolute Gasteiger partial charge is 0.369 e. The molecule has 0 atom stereocenters. The molecule has 2 aromatic heterocycles. The van der Waals surface area contributed by atoms with Crippen LogP contribution in [0.5, 0.6) is 0 Å². The Morgan fingerprint density at radius 3 is 3.05 bits per heavy atom. The monoisotopic (exact) mass is 262 g/mol. The molecule has 0 unspecified atom stereocenters. The highest BCUT2D eigenvalue weighted by Crippen LogP contribution is 2.09. The van der Waals surface area contributed by atoms with E-state index in [0.29, 0.717) is 18.7 Å². The van der Waals surface area contributed by atoms with Gasteiger partial charge in [0.1, 0.15) is 12.1 Å². The molecule has 2 rings (SSSR count). The van der Waals surface area contributed by atoms with Crippen LogP contribution in [0.25, 0.3) is 5.78 Å². The van der Waals surface area contributed by atoms with E-state index in [1.54, 1.807) is 4.52 Å². The Labute approximate surface area is 111 Å². The van der Waals surface area contributed by atoms with E-state index in [0.717, 1.165) is 24.5 Å². The van der Waals surface area contributed by atoms with Crippen molar-refractivity contribution in [1.82, 2.24) is 24.9 Å². The molecule has 0 aliphatic carbocycles. The molecule has 0 fully saturated rings. The van der Waals surface area contributed by atoms with Crippen molar-refractivity contribution in [1.29, 1.82) is 0 Å². The predicted molar refractivity (Wildman–Crippen MR) is 71.9 cm³/mol. The lowest BCUT2D eigenvalue weighted by Crippen LogP contribution is -2.26. The van der Waals surface area contributed by atoms with Crippen LogP contribution in [0.4, 0.5) is 5.82 Å². The van der Waals surface area contributed by atoms with Crippen LogP contribution in [0.2, 0.25) is 0 Å². The fourth-order valence-corrected chi connectivity index (χ4v) is 1.71. The van der Waals surface area contributed by atoms with Gasteiger partial charge in [-0.1, -0.05) is 6.92 Å². The number of fused-ring (bicyclic) bond motifs is 1. The molecule has 7 heteroatoms. The van der Waals surface area contributed by atoms with Crippen molar-refractivity contribution in [3.05, 3.63) is 18.1 Å². The maximum atomic E-state index is 11.5. The van der Waals surface area contributed by atoms with E-state index in [-0.39, 0.29) is 5.91 Å². The summed E-state index contributed by atoms with van der Waals surface area (Å²) in [5.41, 5.74) is 0.860. The van der Waals surface area contributed by atoms with Gasteiger partial charge in [0, 0.05) is 31.3 Å². The topological polar surface area (TPSA) is 84.2 Å². The Morgan fingerprint density at radius 1 is 1.42 bits per heavy atom. The lowest BCUT2D eigenvalue weighted by atomic mass is 10.3. The second-order valence-electron chi connectivity index (χ2n) is 4.28. The maximum Gasteiger partial charge on any atom is 0.254 e. The molecule has 2 N–H and O–H groups in total. The molecule has 0 saturated heterocycles. The van der Waals surface area contributed by atoms with E-state index in [9.17, 15) is 4.79 Å². The summed E-state index contributed by atoms with van der Waals surface area (Å²) in [4.78, 5) is 19.8. The van der Waals surface area contributed by atoms with Gasteiger partial charge in [0.05, 0.1) is 0 Å². The lowest BCUT2D eigenvalue weighted by Gasteiger charge is -2.08. The third kappa shape index (κ3) is 3.40. The highest BCUT2D eigenvalue weighted by atomic mass is 16.1. The molecule has 7 nitrogen and oxygen atoms in total. The second kappa shape index (κ2) is 6.12. The first-order valence-corrected chi connectivity index (χ1v) is 6.38. The van der Waals surface area contributed by atoms with Crippen LogP contribution in [-0.4, -0.2) is 38.6 Å². The normalized spacial score (nSPS) is 10.6. The zero-order valence-electron chi connectivity index (χ0n) is 11.2. The van der Waals surface area contributed by atoms with Crippen molar-refractivity contribution in [2.24, 2.45) is 0 Å². The van der Waals surface area contributed by atoms with Crippen LogP contribution in [-0.2, 0) is 4.79 Å². The minimum atomic E-state index is 0.0509. The maximum absolute atomic E-state index is 11.5. The summed E-state index contributed by atoms with van der Waals surface area (Å²) in [5.74, 6) is 1.40. The SMILES string of the molecule is CCCNC(=O)CCNc1cc(C)nc2ncnn12. The van der Waals surface area contributed by atoms with Gasteiger partial charge in [-0.05, 0) is 13.3 Å². The molecular weight excluding hydrogens is 244 g/mol. The number of amides is 1. The van der Waals surface area contributed by atoms with Crippen molar-refractivity contribution in [2.75, 3.05) is 18.4 Å². The van der Waals surface area contributed by atoms with Gasteiger partial charge in [0.15, 0.2) is 0 Å². The molecular formula is C12H18N6O. The molecule has 0 aliphatic rings. The number of aromatic nitrogens is 4. The molecule has 2 aromatic rings. The molecule has 2 heterocycles. The number of rotatable bonds is 6. The van der Waals surface area contributed by atoms with Crippen LogP contribution in [0.15, 0.2) is 12.4 Å².